The fraction of sp³-hybridized carbons (Fsp3) is 0.345. The highest BCUT2D eigenvalue weighted by atomic mass is 14.6. The first-order chi connectivity index (χ1) is 14.4. The molecule has 5 rings (SSSR count). The Morgan fingerprint density at radius 1 is 0.967 bits per heavy atom. The second-order valence-corrected chi connectivity index (χ2v) is 9.85. The maximum Gasteiger partial charge on any atom is 0.0308 e. The van der Waals surface area contributed by atoms with Gasteiger partial charge in [-0.3, -0.25) is 4.98 Å². The fourth-order valence-corrected chi connectivity index (χ4v) is 5.77. The minimum Gasteiger partial charge on any atom is -0.264 e. The van der Waals surface area contributed by atoms with E-state index in [2.05, 4.69) is 82.0 Å². The maximum absolute atomic E-state index is 4.67. The number of benzene rings is 2. The van der Waals surface area contributed by atoms with Gasteiger partial charge < -0.3 is 0 Å². The molecule has 1 nitrogen and oxygen atoms in total. The van der Waals surface area contributed by atoms with Crippen LogP contribution >= 0.6 is 0 Å². The van der Waals surface area contributed by atoms with E-state index < -0.39 is 0 Å². The van der Waals surface area contributed by atoms with Gasteiger partial charge in [0.15, 0.2) is 0 Å². The fourth-order valence-electron chi connectivity index (χ4n) is 5.77. The van der Waals surface area contributed by atoms with Crippen LogP contribution < -0.4 is 0 Å². The molecule has 0 atom stereocenters. The first-order valence-electron chi connectivity index (χ1n) is 11.2. The molecule has 3 aromatic rings. The number of pyridine rings is 1. The van der Waals surface area contributed by atoms with Crippen LogP contribution in [0.5, 0.6) is 0 Å². The van der Waals surface area contributed by atoms with Gasteiger partial charge in [0.2, 0.25) is 0 Å². The summed E-state index contributed by atoms with van der Waals surface area (Å²) in [7, 11) is 0. The molecule has 0 unspecified atom stereocenters. The van der Waals surface area contributed by atoms with Crippen LogP contribution in [0.1, 0.15) is 70.3 Å². The average molecular weight is 394 g/mol. The van der Waals surface area contributed by atoms with Crippen molar-refractivity contribution in [3.8, 4) is 11.1 Å². The van der Waals surface area contributed by atoms with Crippen molar-refractivity contribution in [1.82, 2.24) is 4.98 Å². The highest BCUT2D eigenvalue weighted by Gasteiger charge is 2.36. The molecule has 0 fully saturated rings. The predicted molar refractivity (Wildman–Crippen MR) is 126 cm³/mol. The van der Waals surface area contributed by atoms with Gasteiger partial charge in [0.25, 0.3) is 0 Å². The number of rotatable bonds is 4. The van der Waals surface area contributed by atoms with Crippen LogP contribution in [-0.4, -0.2) is 4.98 Å². The summed E-state index contributed by atoms with van der Waals surface area (Å²) in [6, 6.07) is 9.13. The molecule has 0 radical (unpaired) electrons. The van der Waals surface area contributed by atoms with Gasteiger partial charge in [-0.05, 0) is 101 Å². The van der Waals surface area contributed by atoms with Gasteiger partial charge in [-0.1, -0.05) is 49.8 Å². The van der Waals surface area contributed by atoms with Crippen LogP contribution in [0.2, 0.25) is 0 Å². The summed E-state index contributed by atoms with van der Waals surface area (Å²) in [6.07, 6.45) is 11.5. The zero-order valence-corrected chi connectivity index (χ0v) is 18.7. The molecule has 2 aliphatic rings. The zero-order chi connectivity index (χ0) is 21.0. The van der Waals surface area contributed by atoms with E-state index in [0.29, 0.717) is 0 Å². The van der Waals surface area contributed by atoms with Gasteiger partial charge in [0, 0.05) is 18.8 Å². The smallest absolute Gasteiger partial charge is 0.0308 e. The van der Waals surface area contributed by atoms with Crippen molar-refractivity contribution >= 4 is 0 Å². The molecule has 1 aromatic heterocycles. The molecule has 1 heterocycles. The lowest BCUT2D eigenvalue weighted by molar-refractivity contribution is 0.519. The number of aryl methyl sites for hydroxylation is 1. The Labute approximate surface area is 180 Å². The Morgan fingerprint density at radius 2 is 1.73 bits per heavy atom. The maximum atomic E-state index is 4.67. The number of nitrogens with zero attached hydrogens (tertiary/aromatic N) is 1. The molecule has 0 saturated carbocycles. The second kappa shape index (κ2) is 6.94. The highest BCUT2D eigenvalue weighted by Crippen LogP contribution is 2.47. The molecule has 2 aromatic carbocycles. The van der Waals surface area contributed by atoms with Gasteiger partial charge in [-0.25, -0.2) is 0 Å². The Balaban J connectivity index is 1.84. The lowest BCUT2D eigenvalue weighted by Gasteiger charge is -2.28. The van der Waals surface area contributed by atoms with Crippen molar-refractivity contribution in [3.05, 3.63) is 99.4 Å². The average Bonchev–Trinajstić information content (AvgIpc) is 2.85. The third kappa shape index (κ3) is 2.87. The zero-order valence-electron chi connectivity index (χ0n) is 18.7. The largest absolute Gasteiger partial charge is 0.264 e. The molecular weight excluding hydrogens is 362 g/mol. The normalized spacial score (nSPS) is 15.6. The van der Waals surface area contributed by atoms with E-state index in [9.17, 15) is 0 Å². The van der Waals surface area contributed by atoms with Gasteiger partial charge >= 0.3 is 0 Å². The van der Waals surface area contributed by atoms with Gasteiger partial charge in [-0.15, -0.1) is 6.58 Å². The van der Waals surface area contributed by atoms with Crippen molar-refractivity contribution in [2.24, 2.45) is 0 Å². The van der Waals surface area contributed by atoms with E-state index >= 15 is 0 Å². The summed E-state index contributed by atoms with van der Waals surface area (Å²) < 4.78 is 0. The van der Waals surface area contributed by atoms with Crippen LogP contribution in [0.4, 0.5) is 0 Å². The molecule has 0 spiro atoms. The minimum atomic E-state index is 0.108. The predicted octanol–water partition coefficient (Wildman–Crippen LogP) is 6.81. The number of hydrogen-bond donors (Lipinski definition) is 0. The number of aromatic nitrogens is 1. The SMILES string of the molecule is C=CCCc1c(C)c2c3c(c1-c1ccc(C)cc1)Cc1cncc(c1C3)C(C)(C)C2. The third-order valence-electron chi connectivity index (χ3n) is 7.39. The second-order valence-electron chi connectivity index (χ2n) is 9.85. The van der Waals surface area contributed by atoms with Crippen molar-refractivity contribution in [3.63, 3.8) is 0 Å². The lowest BCUT2D eigenvalue weighted by atomic mass is 9.76. The monoisotopic (exact) mass is 393 g/mol. The van der Waals surface area contributed by atoms with Gasteiger partial charge in [-0.2, -0.15) is 0 Å². The van der Waals surface area contributed by atoms with Crippen LogP contribution in [0.25, 0.3) is 11.1 Å². The Kier molecular flexibility index (Phi) is 4.47. The van der Waals surface area contributed by atoms with Gasteiger partial charge in [0.1, 0.15) is 0 Å². The van der Waals surface area contributed by atoms with Crippen molar-refractivity contribution in [2.75, 3.05) is 0 Å². The standard InChI is InChI=1S/C29H31N/c1-6-7-8-22-19(3)26-15-29(4,5)27-17-30-16-21-13-25(24(26)14-23(21)27)28(22)20-11-9-18(2)10-12-20/h6,9-12,16-17H,1,7-8,13-15H2,2-5H3. The minimum absolute atomic E-state index is 0.108. The molecule has 0 saturated heterocycles. The summed E-state index contributed by atoms with van der Waals surface area (Å²) >= 11 is 0. The van der Waals surface area contributed by atoms with Crippen LogP contribution in [0, 0.1) is 13.8 Å². The first kappa shape index (κ1) is 19.3. The summed E-state index contributed by atoms with van der Waals surface area (Å²) in [5.41, 5.74) is 16.4. The Morgan fingerprint density at radius 3 is 2.47 bits per heavy atom. The molecule has 30 heavy (non-hydrogen) atoms. The molecule has 0 N–H and O–H groups in total. The molecule has 0 aliphatic heterocycles. The quantitative estimate of drug-likeness (QED) is 0.347. The highest BCUT2D eigenvalue weighted by molar-refractivity contribution is 5.78. The molecule has 152 valence electrons. The van der Waals surface area contributed by atoms with E-state index in [1.807, 2.05) is 0 Å². The van der Waals surface area contributed by atoms with Crippen LogP contribution in [0.3, 0.4) is 0 Å². The van der Waals surface area contributed by atoms with Crippen LogP contribution in [0.15, 0.2) is 49.3 Å². The summed E-state index contributed by atoms with van der Waals surface area (Å²) in [4.78, 5) is 4.67. The van der Waals surface area contributed by atoms with E-state index in [0.717, 1.165) is 32.1 Å². The molecule has 2 aliphatic carbocycles. The van der Waals surface area contributed by atoms with Crippen molar-refractivity contribution in [2.45, 2.75) is 65.2 Å². The Bertz CT molecular complexity index is 1160. The number of allylic oxidation sites excluding steroid dienone is 1. The van der Waals surface area contributed by atoms with E-state index in [4.69, 9.17) is 0 Å². The van der Waals surface area contributed by atoms with E-state index in [1.54, 1.807) is 16.7 Å². The van der Waals surface area contributed by atoms with E-state index in [-0.39, 0.29) is 5.41 Å². The first-order valence-corrected chi connectivity index (χ1v) is 11.2. The molecule has 2 bridgehead atoms. The van der Waals surface area contributed by atoms with E-state index in [1.165, 1.54) is 44.5 Å². The summed E-state index contributed by atoms with van der Waals surface area (Å²) in [6.45, 7) is 13.3. The van der Waals surface area contributed by atoms with Gasteiger partial charge in [0.05, 0.1) is 0 Å². The molecular formula is C29H31N. The Hall–Kier alpha value is -2.67. The van der Waals surface area contributed by atoms with Crippen molar-refractivity contribution < 1.29 is 0 Å². The van der Waals surface area contributed by atoms with Crippen molar-refractivity contribution in [1.29, 1.82) is 0 Å². The summed E-state index contributed by atoms with van der Waals surface area (Å²) in [5, 5.41) is 0. The molecule has 0 amide bonds. The molecule has 1 heteroatoms. The van der Waals surface area contributed by atoms with Crippen LogP contribution in [-0.2, 0) is 31.1 Å². The number of hydrogen-bond acceptors (Lipinski definition) is 1. The summed E-state index contributed by atoms with van der Waals surface area (Å²) in [5.74, 6) is 0. The lowest BCUT2D eigenvalue weighted by Crippen LogP contribution is -2.22. The third-order valence-corrected chi connectivity index (χ3v) is 7.39. The topological polar surface area (TPSA) is 12.9 Å².